The molecule has 0 bridgehead atoms. The van der Waals surface area contributed by atoms with Gasteiger partial charge in [0.1, 0.15) is 24.0 Å². The summed E-state index contributed by atoms with van der Waals surface area (Å²) in [5.74, 6) is 1.12. The molecule has 1 saturated heterocycles. The second kappa shape index (κ2) is 8.09. The van der Waals surface area contributed by atoms with Crippen molar-refractivity contribution < 1.29 is 9.47 Å². The number of nitrogens with zero attached hydrogens (tertiary/aromatic N) is 5. The van der Waals surface area contributed by atoms with Crippen LogP contribution >= 0.6 is 11.6 Å². The van der Waals surface area contributed by atoms with Crippen molar-refractivity contribution in [2.45, 2.75) is 39.2 Å². The lowest BCUT2D eigenvalue weighted by Crippen LogP contribution is -2.15. The van der Waals surface area contributed by atoms with E-state index in [0.717, 1.165) is 28.6 Å². The van der Waals surface area contributed by atoms with Crippen LogP contribution in [0.5, 0.6) is 5.75 Å². The number of hydrogen-bond acceptors (Lipinski definition) is 7. The molecule has 9 heteroatoms. The van der Waals surface area contributed by atoms with Gasteiger partial charge in [0.25, 0.3) is 0 Å². The van der Waals surface area contributed by atoms with Crippen LogP contribution in [0.4, 0.5) is 5.82 Å². The van der Waals surface area contributed by atoms with E-state index in [1.165, 1.54) is 6.33 Å². The van der Waals surface area contributed by atoms with Crippen LogP contribution in [-0.2, 0) is 4.74 Å². The quantitative estimate of drug-likeness (QED) is 0.660. The molecule has 2 N–H and O–H groups in total. The zero-order valence-electron chi connectivity index (χ0n) is 17.1. The Morgan fingerprint density at radius 1 is 1.47 bits per heavy atom. The van der Waals surface area contributed by atoms with Crippen LogP contribution in [0.2, 0.25) is 5.02 Å². The number of rotatable bonds is 5. The zero-order valence-corrected chi connectivity index (χ0v) is 17.9. The molecule has 0 saturated carbocycles. The number of nitriles is 1. The summed E-state index contributed by atoms with van der Waals surface area (Å²) in [5, 5.41) is 15.6. The third-order valence-electron chi connectivity index (χ3n) is 5.55. The van der Waals surface area contributed by atoms with Gasteiger partial charge in [0.05, 0.1) is 40.9 Å². The second-order valence-electron chi connectivity index (χ2n) is 7.33. The first-order valence-electron chi connectivity index (χ1n) is 9.90. The van der Waals surface area contributed by atoms with Crippen molar-refractivity contribution in [2.24, 2.45) is 0 Å². The molecule has 0 amide bonds. The molecule has 1 aliphatic rings. The topological polar surface area (TPSA) is 112 Å². The predicted octanol–water partition coefficient (Wildman–Crippen LogP) is 3.75. The van der Waals surface area contributed by atoms with E-state index in [4.69, 9.17) is 26.8 Å². The van der Waals surface area contributed by atoms with Crippen molar-refractivity contribution in [3.05, 3.63) is 39.8 Å². The number of nitrogen functional groups attached to an aromatic ring is 1. The van der Waals surface area contributed by atoms with E-state index in [1.54, 1.807) is 10.7 Å². The Labute approximate surface area is 179 Å². The number of ether oxygens (including phenoxy) is 2. The molecule has 156 valence electrons. The molecule has 2 aromatic heterocycles. The maximum atomic E-state index is 9.79. The van der Waals surface area contributed by atoms with Gasteiger partial charge >= 0.3 is 0 Å². The summed E-state index contributed by atoms with van der Waals surface area (Å²) < 4.78 is 13.5. The molecule has 3 aromatic rings. The molecule has 2 atom stereocenters. The maximum absolute atomic E-state index is 9.79. The van der Waals surface area contributed by atoms with Gasteiger partial charge in [-0.05, 0) is 33.3 Å². The van der Waals surface area contributed by atoms with Gasteiger partial charge in [0, 0.05) is 23.7 Å². The third-order valence-corrected chi connectivity index (χ3v) is 5.84. The smallest absolute Gasteiger partial charge is 0.164 e. The summed E-state index contributed by atoms with van der Waals surface area (Å²) in [5.41, 5.74) is 9.54. The molecule has 4 rings (SSSR count). The predicted molar refractivity (Wildman–Crippen MR) is 114 cm³/mol. The second-order valence-corrected chi connectivity index (χ2v) is 7.74. The molecule has 1 fully saturated rings. The molecule has 8 nitrogen and oxygen atoms in total. The Hall–Kier alpha value is -2.89. The number of anilines is 1. The lowest BCUT2D eigenvalue weighted by Gasteiger charge is -2.24. The molecule has 1 unspecified atom stereocenters. The van der Waals surface area contributed by atoms with Crippen LogP contribution in [0, 0.1) is 18.3 Å². The highest BCUT2D eigenvalue weighted by molar-refractivity contribution is 6.32. The molecule has 1 aliphatic heterocycles. The highest BCUT2D eigenvalue weighted by Crippen LogP contribution is 2.44. The van der Waals surface area contributed by atoms with E-state index in [0.29, 0.717) is 47.6 Å². The van der Waals surface area contributed by atoms with Gasteiger partial charge in [0.15, 0.2) is 5.65 Å². The number of aromatic nitrogens is 4. The molecule has 0 aliphatic carbocycles. The van der Waals surface area contributed by atoms with Crippen molar-refractivity contribution in [1.29, 1.82) is 5.26 Å². The van der Waals surface area contributed by atoms with E-state index < -0.39 is 0 Å². The van der Waals surface area contributed by atoms with Crippen LogP contribution in [-0.4, -0.2) is 39.6 Å². The van der Waals surface area contributed by atoms with Crippen LogP contribution < -0.4 is 10.5 Å². The van der Waals surface area contributed by atoms with Gasteiger partial charge in [-0.15, -0.1) is 0 Å². The van der Waals surface area contributed by atoms with E-state index >= 15 is 0 Å². The van der Waals surface area contributed by atoms with Crippen LogP contribution in [0.1, 0.15) is 54.6 Å². The van der Waals surface area contributed by atoms with Gasteiger partial charge in [0.2, 0.25) is 0 Å². The Bertz CT molecular complexity index is 1150. The fourth-order valence-corrected chi connectivity index (χ4v) is 4.39. The average Bonchev–Trinajstić information content (AvgIpc) is 3.37. The van der Waals surface area contributed by atoms with Crippen molar-refractivity contribution in [3.8, 4) is 11.8 Å². The lowest BCUT2D eigenvalue weighted by molar-refractivity contribution is 0.193. The van der Waals surface area contributed by atoms with Crippen molar-refractivity contribution >= 4 is 28.5 Å². The van der Waals surface area contributed by atoms with Crippen LogP contribution in [0.15, 0.2) is 12.4 Å². The van der Waals surface area contributed by atoms with Gasteiger partial charge < -0.3 is 15.2 Å². The van der Waals surface area contributed by atoms with Gasteiger partial charge in [-0.3, -0.25) is 0 Å². The Balaban J connectivity index is 1.95. The molecule has 0 spiro atoms. The molecule has 3 heterocycles. The standard InChI is InChI=1S/C21H23ClN6O2/c1-4-30-19-14(7-16(22)15(8-23)18(19)13-5-6-29-9-13)12(3)28-21-17(11(2)27-28)20(24)25-10-26-21/h7,10,12-13H,4-6,9H2,1-3H3,(H2,24,25,26)/t12-,13?/m1/s1. The molecular weight excluding hydrogens is 404 g/mol. The van der Waals surface area contributed by atoms with E-state index in [1.807, 2.05) is 20.8 Å². The van der Waals surface area contributed by atoms with E-state index in [9.17, 15) is 5.26 Å². The van der Waals surface area contributed by atoms with Crippen molar-refractivity contribution in [2.75, 3.05) is 25.6 Å². The van der Waals surface area contributed by atoms with Crippen molar-refractivity contribution in [3.63, 3.8) is 0 Å². The van der Waals surface area contributed by atoms with Crippen LogP contribution in [0.25, 0.3) is 11.0 Å². The summed E-state index contributed by atoms with van der Waals surface area (Å²) in [7, 11) is 0. The summed E-state index contributed by atoms with van der Waals surface area (Å²) in [6, 6.07) is 3.79. The molecule has 0 radical (unpaired) electrons. The molecular formula is C21H23ClN6O2. The zero-order chi connectivity index (χ0) is 21.4. The van der Waals surface area contributed by atoms with Gasteiger partial charge in [-0.25, -0.2) is 14.6 Å². The summed E-state index contributed by atoms with van der Waals surface area (Å²) in [4.78, 5) is 8.49. The summed E-state index contributed by atoms with van der Waals surface area (Å²) >= 11 is 6.57. The molecule has 1 aromatic carbocycles. The number of nitrogens with two attached hydrogens (primary N) is 1. The largest absolute Gasteiger partial charge is 0.493 e. The van der Waals surface area contributed by atoms with Crippen molar-refractivity contribution in [1.82, 2.24) is 19.7 Å². The first kappa shape index (κ1) is 20.4. The Morgan fingerprint density at radius 2 is 2.27 bits per heavy atom. The normalized spacial score (nSPS) is 17.2. The monoisotopic (exact) mass is 426 g/mol. The number of hydrogen-bond donors (Lipinski definition) is 1. The van der Waals surface area contributed by atoms with Gasteiger partial charge in [-0.1, -0.05) is 11.6 Å². The van der Waals surface area contributed by atoms with E-state index in [2.05, 4.69) is 21.1 Å². The SMILES string of the molecule is CCOc1c([C@@H](C)n2nc(C)c3c(N)ncnc32)cc(Cl)c(C#N)c1C1CCOC1. The highest BCUT2D eigenvalue weighted by atomic mass is 35.5. The molecule has 30 heavy (non-hydrogen) atoms. The number of aryl methyl sites for hydroxylation is 1. The first-order valence-corrected chi connectivity index (χ1v) is 10.3. The van der Waals surface area contributed by atoms with Gasteiger partial charge in [-0.2, -0.15) is 10.4 Å². The first-order chi connectivity index (χ1) is 14.5. The van der Waals surface area contributed by atoms with E-state index in [-0.39, 0.29) is 12.0 Å². The fraction of sp³-hybridized carbons (Fsp3) is 0.429. The summed E-state index contributed by atoms with van der Waals surface area (Å²) in [6.45, 7) is 7.45. The lowest BCUT2D eigenvalue weighted by atomic mass is 9.89. The average molecular weight is 427 g/mol. The Kier molecular flexibility index (Phi) is 5.50. The Morgan fingerprint density at radius 3 is 2.93 bits per heavy atom. The maximum Gasteiger partial charge on any atom is 0.164 e. The summed E-state index contributed by atoms with van der Waals surface area (Å²) in [6.07, 6.45) is 2.25. The highest BCUT2D eigenvalue weighted by Gasteiger charge is 2.31. The fourth-order valence-electron chi connectivity index (χ4n) is 4.12. The minimum Gasteiger partial charge on any atom is -0.493 e. The number of fused-ring (bicyclic) bond motifs is 1. The minimum atomic E-state index is -0.261. The number of benzene rings is 1. The number of halogens is 1. The third kappa shape index (κ3) is 3.24. The minimum absolute atomic E-state index is 0.0555. The van der Waals surface area contributed by atoms with Crippen LogP contribution in [0.3, 0.4) is 0 Å².